The average molecular weight is 446 g/mol. The molecule has 4 nitrogen and oxygen atoms in total. The largest absolute Gasteiger partial charge is 0.481 e. The fourth-order valence-electron chi connectivity index (χ4n) is 2.62. The molecule has 0 radical (unpaired) electrons. The third kappa shape index (κ3) is 7.40. The van der Waals surface area contributed by atoms with Crippen LogP contribution in [0.5, 0.6) is 5.75 Å². The van der Waals surface area contributed by atoms with Crippen LogP contribution in [-0.4, -0.2) is 31.0 Å². The number of thioether (sulfide) groups is 1. The smallest absolute Gasteiger partial charge is 0.341 e. The van der Waals surface area contributed by atoms with Crippen molar-refractivity contribution in [3.63, 3.8) is 0 Å². The molecule has 0 aromatic heterocycles. The maximum atomic E-state index is 12.2. The van der Waals surface area contributed by atoms with Crippen LogP contribution < -0.4 is 10.1 Å². The van der Waals surface area contributed by atoms with Gasteiger partial charge >= 0.3 is 5.97 Å². The molecule has 0 saturated heterocycles. The highest BCUT2D eigenvalue weighted by atomic mass is 32.2. The van der Waals surface area contributed by atoms with E-state index in [0.29, 0.717) is 10.6 Å². The average Bonchev–Trinajstić information content (AvgIpc) is 2.75. The highest BCUT2D eigenvalue weighted by molar-refractivity contribution is 7.98. The highest BCUT2D eigenvalue weighted by Gasteiger charge is 2.10. The van der Waals surface area contributed by atoms with E-state index >= 15 is 0 Å². The van der Waals surface area contributed by atoms with E-state index in [9.17, 15) is 9.18 Å². The van der Waals surface area contributed by atoms with Crippen LogP contribution in [0.4, 0.5) is 4.39 Å². The van der Waals surface area contributed by atoms with E-state index in [2.05, 4.69) is 24.0 Å². The SMILES string of the molecule is CNCc1ccc(OCC(=O)O)c(-c2cccc(SC)c2)c1.Fc1ccccc1S. The van der Waals surface area contributed by atoms with Gasteiger partial charge < -0.3 is 15.2 Å². The molecule has 0 aliphatic heterocycles. The first kappa shape index (κ1) is 23.8. The fourth-order valence-corrected chi connectivity index (χ4v) is 3.24. The van der Waals surface area contributed by atoms with Crippen LogP contribution in [0, 0.1) is 5.82 Å². The summed E-state index contributed by atoms with van der Waals surface area (Å²) < 4.78 is 17.7. The topological polar surface area (TPSA) is 58.6 Å². The zero-order chi connectivity index (χ0) is 21.9. The van der Waals surface area contributed by atoms with Crippen molar-refractivity contribution in [2.45, 2.75) is 16.3 Å². The summed E-state index contributed by atoms with van der Waals surface area (Å²) in [6.45, 7) is 0.398. The summed E-state index contributed by atoms with van der Waals surface area (Å²) in [5.74, 6) is -0.667. The molecule has 158 valence electrons. The Morgan fingerprint density at radius 1 is 1.13 bits per heavy atom. The lowest BCUT2D eigenvalue weighted by Crippen LogP contribution is -2.10. The summed E-state index contributed by atoms with van der Waals surface area (Å²) in [6, 6.07) is 20.3. The Kier molecular flexibility index (Phi) is 9.73. The first-order chi connectivity index (χ1) is 14.4. The lowest BCUT2D eigenvalue weighted by atomic mass is 10.0. The maximum absolute atomic E-state index is 12.2. The van der Waals surface area contributed by atoms with Crippen LogP contribution in [0.2, 0.25) is 0 Å². The molecule has 0 heterocycles. The molecular weight excluding hydrogens is 421 g/mol. The molecule has 0 fully saturated rings. The number of hydrogen-bond acceptors (Lipinski definition) is 5. The normalized spacial score (nSPS) is 10.1. The van der Waals surface area contributed by atoms with Gasteiger partial charge in [0.25, 0.3) is 0 Å². The number of carboxylic acids is 1. The van der Waals surface area contributed by atoms with Gasteiger partial charge in [0.2, 0.25) is 0 Å². The van der Waals surface area contributed by atoms with Gasteiger partial charge in [0.15, 0.2) is 6.61 Å². The molecule has 0 unspecified atom stereocenters. The minimum absolute atomic E-state index is 0.268. The number of aliphatic carboxylic acids is 1. The first-order valence-corrected chi connectivity index (χ1v) is 10.8. The van der Waals surface area contributed by atoms with Gasteiger partial charge in [0.1, 0.15) is 11.6 Å². The summed E-state index contributed by atoms with van der Waals surface area (Å²) in [4.78, 5) is 12.3. The zero-order valence-corrected chi connectivity index (χ0v) is 18.5. The van der Waals surface area contributed by atoms with Gasteiger partial charge in [-0.1, -0.05) is 30.3 Å². The van der Waals surface area contributed by atoms with Gasteiger partial charge in [0, 0.05) is 21.9 Å². The van der Waals surface area contributed by atoms with Crippen molar-refractivity contribution in [1.29, 1.82) is 0 Å². The monoisotopic (exact) mass is 445 g/mol. The minimum atomic E-state index is -0.983. The molecule has 0 atom stereocenters. The Balaban J connectivity index is 0.000000335. The Hall–Kier alpha value is -2.48. The van der Waals surface area contributed by atoms with Gasteiger partial charge in [-0.3, -0.25) is 0 Å². The van der Waals surface area contributed by atoms with E-state index in [-0.39, 0.29) is 12.4 Å². The van der Waals surface area contributed by atoms with Crippen LogP contribution >= 0.6 is 24.4 Å². The molecule has 30 heavy (non-hydrogen) atoms. The highest BCUT2D eigenvalue weighted by Crippen LogP contribution is 2.33. The Bertz CT molecular complexity index is 961. The van der Waals surface area contributed by atoms with Crippen LogP contribution in [0.3, 0.4) is 0 Å². The fraction of sp³-hybridized carbons (Fsp3) is 0.174. The van der Waals surface area contributed by atoms with Crippen molar-refractivity contribution in [3.05, 3.63) is 78.1 Å². The van der Waals surface area contributed by atoms with Crippen LogP contribution in [0.25, 0.3) is 11.1 Å². The van der Waals surface area contributed by atoms with Gasteiger partial charge in [0.05, 0.1) is 0 Å². The van der Waals surface area contributed by atoms with Crippen molar-refractivity contribution in [3.8, 4) is 16.9 Å². The van der Waals surface area contributed by atoms with E-state index < -0.39 is 5.97 Å². The molecular formula is C23H24FNO3S2. The predicted molar refractivity (Wildman–Crippen MR) is 123 cm³/mol. The molecule has 0 saturated carbocycles. The molecule has 0 amide bonds. The summed E-state index contributed by atoms with van der Waals surface area (Å²) in [7, 11) is 1.89. The number of rotatable bonds is 7. The number of thiol groups is 1. The molecule has 0 aliphatic carbocycles. The minimum Gasteiger partial charge on any atom is -0.481 e. The lowest BCUT2D eigenvalue weighted by molar-refractivity contribution is -0.139. The second kappa shape index (κ2) is 12.3. The second-order valence-corrected chi connectivity index (χ2v) is 7.59. The van der Waals surface area contributed by atoms with Crippen LogP contribution in [0.15, 0.2) is 76.5 Å². The molecule has 0 aliphatic rings. The third-order valence-electron chi connectivity index (χ3n) is 4.01. The van der Waals surface area contributed by atoms with E-state index in [4.69, 9.17) is 9.84 Å². The predicted octanol–water partition coefficient (Wildman–Crippen LogP) is 5.37. The Morgan fingerprint density at radius 3 is 2.50 bits per heavy atom. The molecule has 3 aromatic carbocycles. The third-order valence-corrected chi connectivity index (χ3v) is 5.10. The van der Waals surface area contributed by atoms with E-state index in [0.717, 1.165) is 28.1 Å². The number of ether oxygens (including phenoxy) is 1. The quantitative estimate of drug-likeness (QED) is 0.337. The number of halogens is 1. The molecule has 3 rings (SSSR count). The number of carbonyl (C=O) groups is 1. The summed E-state index contributed by atoms with van der Waals surface area (Å²) in [5.41, 5.74) is 3.05. The van der Waals surface area contributed by atoms with Crippen molar-refractivity contribution < 1.29 is 19.0 Å². The van der Waals surface area contributed by atoms with Crippen LogP contribution in [-0.2, 0) is 11.3 Å². The molecule has 0 spiro atoms. The second-order valence-electron chi connectivity index (χ2n) is 6.23. The number of nitrogens with one attached hydrogen (secondary N) is 1. The molecule has 3 aromatic rings. The maximum Gasteiger partial charge on any atom is 0.341 e. The van der Waals surface area contributed by atoms with Crippen molar-refractivity contribution >= 4 is 30.4 Å². The van der Waals surface area contributed by atoms with Gasteiger partial charge in [-0.2, -0.15) is 0 Å². The molecule has 2 N–H and O–H groups in total. The Labute approximate surface area is 185 Å². The van der Waals surface area contributed by atoms with Gasteiger partial charge in [-0.05, 0) is 60.8 Å². The summed E-state index contributed by atoms with van der Waals surface area (Å²) >= 11 is 5.49. The van der Waals surface area contributed by atoms with Crippen molar-refractivity contribution in [2.24, 2.45) is 0 Å². The number of hydrogen-bond donors (Lipinski definition) is 3. The Morgan fingerprint density at radius 2 is 1.90 bits per heavy atom. The lowest BCUT2D eigenvalue weighted by Gasteiger charge is -2.13. The van der Waals surface area contributed by atoms with Gasteiger partial charge in [-0.25, -0.2) is 9.18 Å². The number of carboxylic acid groups (broad SMARTS) is 1. The summed E-state index contributed by atoms with van der Waals surface area (Å²) in [5, 5.41) is 11.9. The molecule has 0 bridgehead atoms. The van der Waals surface area contributed by atoms with E-state index in [1.807, 2.05) is 49.7 Å². The number of benzene rings is 3. The van der Waals surface area contributed by atoms with Gasteiger partial charge in [-0.15, -0.1) is 24.4 Å². The van der Waals surface area contributed by atoms with Crippen LogP contribution in [0.1, 0.15) is 5.56 Å². The summed E-state index contributed by atoms with van der Waals surface area (Å²) in [6.07, 6.45) is 2.03. The molecule has 7 heteroatoms. The first-order valence-electron chi connectivity index (χ1n) is 9.14. The van der Waals surface area contributed by atoms with E-state index in [1.54, 1.807) is 30.0 Å². The van der Waals surface area contributed by atoms with Crippen molar-refractivity contribution in [2.75, 3.05) is 19.9 Å². The van der Waals surface area contributed by atoms with E-state index in [1.165, 1.54) is 6.07 Å². The van der Waals surface area contributed by atoms with Crippen molar-refractivity contribution in [1.82, 2.24) is 5.32 Å². The standard InChI is InChI=1S/C17H19NO3S.C6H5FS/c1-18-10-12-6-7-16(21-11-17(19)20)15(8-12)13-4-3-5-14(9-13)22-2;7-5-3-1-2-4-6(5)8/h3-9,18H,10-11H2,1-2H3,(H,19,20);1-4,8H. The zero-order valence-electron chi connectivity index (χ0n) is 16.8.